The lowest BCUT2D eigenvalue weighted by Crippen LogP contribution is -2.05. The zero-order chi connectivity index (χ0) is 17.5. The number of oxazole rings is 1. The fraction of sp³-hybridized carbons (Fsp3) is 0.158. The number of hydrogen-bond acceptors (Lipinski definition) is 6. The molecule has 0 N–H and O–H groups in total. The maximum Gasteiger partial charge on any atom is 0.339 e. The van der Waals surface area contributed by atoms with E-state index in [1.54, 1.807) is 31.4 Å². The summed E-state index contributed by atoms with van der Waals surface area (Å²) in [6.45, 7) is 0.0407. The maximum atomic E-state index is 11.8. The van der Waals surface area contributed by atoms with Gasteiger partial charge in [0.05, 0.1) is 18.4 Å². The molecule has 0 spiro atoms. The Morgan fingerprint density at radius 1 is 1.16 bits per heavy atom. The quantitative estimate of drug-likeness (QED) is 0.395. The van der Waals surface area contributed by atoms with Crippen LogP contribution in [0.1, 0.15) is 10.4 Å². The summed E-state index contributed by atoms with van der Waals surface area (Å²) >= 11 is 1.40. The van der Waals surface area contributed by atoms with E-state index in [4.69, 9.17) is 13.9 Å². The smallest absolute Gasteiger partial charge is 0.339 e. The van der Waals surface area contributed by atoms with E-state index >= 15 is 0 Å². The van der Waals surface area contributed by atoms with Crippen molar-refractivity contribution in [3.63, 3.8) is 0 Å². The predicted octanol–water partition coefficient (Wildman–Crippen LogP) is 3.79. The molecule has 3 aromatic rings. The molecule has 0 aliphatic rings. The standard InChI is InChI=1S/C19H15NO4S/c1-22-15-10-8-14(9-11-15)18(21)23-12-4-5-13-25-19-20-16-6-2-3-7-17(16)24-19/h2-3,6-11H,12-13H2,1H3. The van der Waals surface area contributed by atoms with E-state index in [1.165, 1.54) is 11.8 Å². The van der Waals surface area contributed by atoms with Gasteiger partial charge in [0.25, 0.3) is 5.22 Å². The van der Waals surface area contributed by atoms with Crippen molar-refractivity contribution >= 4 is 28.8 Å². The molecule has 0 fully saturated rings. The average molecular weight is 353 g/mol. The van der Waals surface area contributed by atoms with Crippen LogP contribution in [0.15, 0.2) is 58.2 Å². The van der Waals surface area contributed by atoms with Crippen LogP contribution in [-0.4, -0.2) is 30.4 Å². The third-order valence-electron chi connectivity index (χ3n) is 3.27. The van der Waals surface area contributed by atoms with Crippen LogP contribution < -0.4 is 4.74 Å². The average Bonchev–Trinajstić information content (AvgIpc) is 3.07. The fourth-order valence-electron chi connectivity index (χ4n) is 2.02. The van der Waals surface area contributed by atoms with Crippen LogP contribution in [-0.2, 0) is 4.74 Å². The Morgan fingerprint density at radius 3 is 2.72 bits per heavy atom. The Morgan fingerprint density at radius 2 is 1.96 bits per heavy atom. The largest absolute Gasteiger partial charge is 0.497 e. The summed E-state index contributed by atoms with van der Waals surface area (Å²) in [6.07, 6.45) is 0. The van der Waals surface area contributed by atoms with Crippen molar-refractivity contribution in [2.45, 2.75) is 5.22 Å². The number of carbonyl (C=O) groups is 1. The molecule has 0 amide bonds. The van der Waals surface area contributed by atoms with Crippen LogP contribution in [0.3, 0.4) is 0 Å². The van der Waals surface area contributed by atoms with E-state index in [2.05, 4.69) is 16.8 Å². The minimum atomic E-state index is -0.413. The Kier molecular flexibility index (Phi) is 5.60. The first kappa shape index (κ1) is 16.9. The van der Waals surface area contributed by atoms with E-state index in [0.29, 0.717) is 22.3 Å². The normalized spacial score (nSPS) is 10.1. The molecule has 0 saturated carbocycles. The molecule has 5 nitrogen and oxygen atoms in total. The van der Waals surface area contributed by atoms with Crippen LogP contribution in [0.4, 0.5) is 0 Å². The molecule has 1 heterocycles. The van der Waals surface area contributed by atoms with Gasteiger partial charge in [-0.05, 0) is 36.4 Å². The van der Waals surface area contributed by atoms with E-state index in [0.717, 1.165) is 11.1 Å². The third kappa shape index (κ3) is 4.55. The van der Waals surface area contributed by atoms with Crippen molar-refractivity contribution < 1.29 is 18.7 Å². The molecule has 0 aliphatic heterocycles. The first-order chi connectivity index (χ1) is 12.3. The van der Waals surface area contributed by atoms with Gasteiger partial charge in [0.1, 0.15) is 11.3 Å². The van der Waals surface area contributed by atoms with Gasteiger partial charge in [-0.25, -0.2) is 9.78 Å². The van der Waals surface area contributed by atoms with Crippen molar-refractivity contribution in [1.29, 1.82) is 0 Å². The summed E-state index contributed by atoms with van der Waals surface area (Å²) in [5, 5.41) is 0.575. The number of aromatic nitrogens is 1. The predicted molar refractivity (Wildman–Crippen MR) is 95.8 cm³/mol. The number of esters is 1. The number of carbonyl (C=O) groups excluding carboxylic acids is 1. The van der Waals surface area contributed by atoms with Crippen molar-refractivity contribution in [1.82, 2.24) is 4.98 Å². The van der Waals surface area contributed by atoms with Crippen LogP contribution in [0.5, 0.6) is 5.75 Å². The summed E-state index contributed by atoms with van der Waals surface area (Å²) < 4.78 is 15.7. The third-order valence-corrected chi connectivity index (χ3v) is 3.98. The Labute approximate surface area is 149 Å². The SMILES string of the molecule is COc1ccc(C(=O)OCC#CCSc2nc3ccccc3o2)cc1. The zero-order valence-corrected chi connectivity index (χ0v) is 14.3. The second-order valence-corrected chi connectivity index (χ2v) is 5.82. The van der Waals surface area contributed by atoms with Gasteiger partial charge in [-0.1, -0.05) is 35.7 Å². The Bertz CT molecular complexity index is 889. The fourth-order valence-corrected chi connectivity index (χ4v) is 2.63. The molecular weight excluding hydrogens is 338 g/mol. The van der Waals surface area contributed by atoms with Gasteiger partial charge in [-0.3, -0.25) is 0 Å². The van der Waals surface area contributed by atoms with Crippen LogP contribution >= 0.6 is 11.8 Å². The van der Waals surface area contributed by atoms with E-state index in [1.807, 2.05) is 24.3 Å². The molecule has 126 valence electrons. The van der Waals surface area contributed by atoms with E-state index in [-0.39, 0.29) is 6.61 Å². The number of rotatable bonds is 5. The molecule has 0 aliphatic carbocycles. The summed E-state index contributed by atoms with van der Waals surface area (Å²) in [7, 11) is 1.57. The number of ether oxygens (including phenoxy) is 2. The molecule has 1 aromatic heterocycles. The van der Waals surface area contributed by atoms with Crippen molar-refractivity contribution in [2.75, 3.05) is 19.5 Å². The summed E-state index contributed by atoms with van der Waals surface area (Å²) in [5.41, 5.74) is 2.04. The topological polar surface area (TPSA) is 61.6 Å². The first-order valence-electron chi connectivity index (χ1n) is 7.51. The summed E-state index contributed by atoms with van der Waals surface area (Å²) in [4.78, 5) is 16.2. The molecule has 2 aromatic carbocycles. The van der Waals surface area contributed by atoms with Gasteiger partial charge in [-0.2, -0.15) is 0 Å². The highest BCUT2D eigenvalue weighted by Gasteiger charge is 2.06. The molecule has 0 unspecified atom stereocenters. The monoisotopic (exact) mass is 353 g/mol. The first-order valence-corrected chi connectivity index (χ1v) is 8.50. The van der Waals surface area contributed by atoms with Gasteiger partial charge in [0.15, 0.2) is 12.2 Å². The van der Waals surface area contributed by atoms with E-state index in [9.17, 15) is 4.79 Å². The second-order valence-electron chi connectivity index (χ2n) is 4.89. The molecule has 3 rings (SSSR count). The van der Waals surface area contributed by atoms with Gasteiger partial charge in [0, 0.05) is 0 Å². The maximum absolute atomic E-state index is 11.8. The second kappa shape index (κ2) is 8.27. The molecule has 0 radical (unpaired) electrons. The highest BCUT2D eigenvalue weighted by molar-refractivity contribution is 7.99. The van der Waals surface area contributed by atoms with Gasteiger partial charge in [-0.15, -0.1) is 0 Å². The number of methoxy groups -OCH3 is 1. The molecular formula is C19H15NO4S. The lowest BCUT2D eigenvalue weighted by atomic mass is 10.2. The zero-order valence-electron chi connectivity index (χ0n) is 13.5. The number of hydrogen-bond donors (Lipinski definition) is 0. The Balaban J connectivity index is 1.43. The van der Waals surface area contributed by atoms with Crippen molar-refractivity contribution in [3.05, 3.63) is 54.1 Å². The highest BCUT2D eigenvalue weighted by atomic mass is 32.2. The Hall–Kier alpha value is -2.91. The molecule has 6 heteroatoms. The van der Waals surface area contributed by atoms with Gasteiger partial charge >= 0.3 is 5.97 Å². The number of fused-ring (bicyclic) bond motifs is 1. The molecule has 0 atom stereocenters. The number of nitrogens with zero attached hydrogens (tertiary/aromatic N) is 1. The van der Waals surface area contributed by atoms with Gasteiger partial charge in [0.2, 0.25) is 0 Å². The van der Waals surface area contributed by atoms with Crippen LogP contribution in [0.25, 0.3) is 11.1 Å². The van der Waals surface area contributed by atoms with E-state index < -0.39 is 5.97 Å². The van der Waals surface area contributed by atoms with Gasteiger partial charge < -0.3 is 13.9 Å². The lowest BCUT2D eigenvalue weighted by molar-refractivity contribution is 0.0556. The minimum absolute atomic E-state index is 0.0407. The number of para-hydroxylation sites is 2. The van der Waals surface area contributed by atoms with Crippen molar-refractivity contribution in [3.8, 4) is 17.6 Å². The number of benzene rings is 2. The number of thioether (sulfide) groups is 1. The summed E-state index contributed by atoms with van der Waals surface area (Å²) in [5.74, 6) is 6.50. The molecule has 0 bridgehead atoms. The van der Waals surface area contributed by atoms with Crippen LogP contribution in [0, 0.1) is 11.8 Å². The highest BCUT2D eigenvalue weighted by Crippen LogP contribution is 2.22. The molecule has 25 heavy (non-hydrogen) atoms. The lowest BCUT2D eigenvalue weighted by Gasteiger charge is -2.02. The minimum Gasteiger partial charge on any atom is -0.497 e. The molecule has 0 saturated heterocycles. The van der Waals surface area contributed by atoms with Crippen molar-refractivity contribution in [2.24, 2.45) is 0 Å². The summed E-state index contributed by atoms with van der Waals surface area (Å²) in [6, 6.07) is 14.3. The van der Waals surface area contributed by atoms with Crippen LogP contribution in [0.2, 0.25) is 0 Å².